The van der Waals surface area contributed by atoms with Crippen LogP contribution in [0, 0.1) is 0 Å². The average molecular weight is 478 g/mol. The van der Waals surface area contributed by atoms with Crippen molar-refractivity contribution in [2.75, 3.05) is 18.4 Å². The van der Waals surface area contributed by atoms with Gasteiger partial charge in [0.2, 0.25) is 10.0 Å². The first kappa shape index (κ1) is 19.6. The second-order valence-corrected chi connectivity index (χ2v) is 9.44. The first-order valence-corrected chi connectivity index (χ1v) is 10.8. The maximum Gasteiger partial charge on any atom is 0.256 e. The number of carbonyl (C=O) groups excluding carboxylic acids is 1. The quantitative estimate of drug-likeness (QED) is 0.688. The molecule has 1 fully saturated rings. The van der Waals surface area contributed by atoms with E-state index in [-0.39, 0.29) is 10.5 Å². The highest BCUT2D eigenvalue weighted by Gasteiger charge is 2.28. The summed E-state index contributed by atoms with van der Waals surface area (Å²) in [4.78, 5) is 12.7. The number of anilines is 1. The van der Waals surface area contributed by atoms with Crippen molar-refractivity contribution in [3.63, 3.8) is 0 Å². The Hall–Kier alpha value is -1.12. The van der Waals surface area contributed by atoms with Crippen LogP contribution in [-0.2, 0) is 10.0 Å². The Morgan fingerprint density at radius 2 is 1.73 bits per heavy atom. The number of halogens is 3. The van der Waals surface area contributed by atoms with Gasteiger partial charge in [0.25, 0.3) is 5.91 Å². The van der Waals surface area contributed by atoms with Crippen molar-refractivity contribution in [3.05, 3.63) is 56.5 Å². The molecule has 1 aliphatic heterocycles. The molecule has 0 saturated carbocycles. The standard InChI is InChI=1S/C17H15BrCl2N2O3S/c18-14-5-4-12(26(24,25)22-7-1-2-8-22)10-13(14)17(23)21-11-3-6-15(19)16(20)9-11/h3-6,9-10H,1-2,7-8H2,(H,21,23). The summed E-state index contributed by atoms with van der Waals surface area (Å²) in [5.74, 6) is -0.450. The van der Waals surface area contributed by atoms with Crippen LogP contribution in [0.25, 0.3) is 0 Å². The molecule has 0 aromatic heterocycles. The van der Waals surface area contributed by atoms with Crippen molar-refractivity contribution in [2.45, 2.75) is 17.7 Å². The van der Waals surface area contributed by atoms with Gasteiger partial charge >= 0.3 is 0 Å². The molecule has 1 amide bonds. The van der Waals surface area contributed by atoms with Crippen molar-refractivity contribution in [1.82, 2.24) is 4.31 Å². The van der Waals surface area contributed by atoms with E-state index >= 15 is 0 Å². The monoisotopic (exact) mass is 476 g/mol. The summed E-state index contributed by atoms with van der Waals surface area (Å²) >= 11 is 15.1. The van der Waals surface area contributed by atoms with Crippen LogP contribution in [0.3, 0.4) is 0 Å². The fourth-order valence-electron chi connectivity index (χ4n) is 2.69. The number of hydrogen-bond acceptors (Lipinski definition) is 3. The first-order valence-electron chi connectivity index (χ1n) is 7.85. The normalized spacial score (nSPS) is 15.2. The van der Waals surface area contributed by atoms with Gasteiger partial charge in [0.1, 0.15) is 0 Å². The van der Waals surface area contributed by atoms with Gasteiger partial charge in [-0.25, -0.2) is 8.42 Å². The van der Waals surface area contributed by atoms with Crippen molar-refractivity contribution < 1.29 is 13.2 Å². The number of sulfonamides is 1. The van der Waals surface area contributed by atoms with Gasteiger partial charge in [-0.3, -0.25) is 4.79 Å². The molecule has 5 nitrogen and oxygen atoms in total. The highest BCUT2D eigenvalue weighted by molar-refractivity contribution is 9.10. The number of hydrogen-bond donors (Lipinski definition) is 1. The number of rotatable bonds is 4. The number of carbonyl (C=O) groups is 1. The van der Waals surface area contributed by atoms with Gasteiger partial charge in [0, 0.05) is 23.2 Å². The van der Waals surface area contributed by atoms with Crippen molar-refractivity contribution in [1.29, 1.82) is 0 Å². The van der Waals surface area contributed by atoms with E-state index in [1.807, 2.05) is 0 Å². The Morgan fingerprint density at radius 1 is 1.04 bits per heavy atom. The molecule has 1 heterocycles. The van der Waals surface area contributed by atoms with Crippen LogP contribution in [0.2, 0.25) is 10.0 Å². The topological polar surface area (TPSA) is 66.5 Å². The van der Waals surface area contributed by atoms with Gasteiger partial charge in [-0.05, 0) is 65.2 Å². The van der Waals surface area contributed by atoms with E-state index in [0.29, 0.717) is 33.3 Å². The van der Waals surface area contributed by atoms with Gasteiger partial charge in [0.05, 0.1) is 20.5 Å². The van der Waals surface area contributed by atoms with E-state index in [1.165, 1.54) is 22.5 Å². The van der Waals surface area contributed by atoms with E-state index in [1.54, 1.807) is 18.2 Å². The Bertz CT molecular complexity index is 960. The van der Waals surface area contributed by atoms with E-state index < -0.39 is 15.9 Å². The van der Waals surface area contributed by atoms with Gasteiger partial charge < -0.3 is 5.32 Å². The van der Waals surface area contributed by atoms with E-state index in [4.69, 9.17) is 23.2 Å². The number of benzene rings is 2. The van der Waals surface area contributed by atoms with Crippen LogP contribution in [0.1, 0.15) is 23.2 Å². The molecular weight excluding hydrogens is 463 g/mol. The molecule has 26 heavy (non-hydrogen) atoms. The number of nitrogens with zero attached hydrogens (tertiary/aromatic N) is 1. The molecule has 1 N–H and O–H groups in total. The zero-order chi connectivity index (χ0) is 18.9. The van der Waals surface area contributed by atoms with Crippen LogP contribution in [0.4, 0.5) is 5.69 Å². The van der Waals surface area contributed by atoms with E-state index in [2.05, 4.69) is 21.2 Å². The molecule has 138 valence electrons. The molecule has 2 aromatic carbocycles. The summed E-state index contributed by atoms with van der Waals surface area (Å²) in [6, 6.07) is 9.15. The molecular formula is C17H15BrCl2N2O3S. The van der Waals surface area contributed by atoms with Gasteiger partial charge in [0.15, 0.2) is 0 Å². The minimum absolute atomic E-state index is 0.0990. The predicted molar refractivity (Wildman–Crippen MR) is 107 cm³/mol. The van der Waals surface area contributed by atoms with Crippen LogP contribution in [-0.4, -0.2) is 31.7 Å². The molecule has 0 aliphatic carbocycles. The van der Waals surface area contributed by atoms with Crippen molar-refractivity contribution >= 4 is 60.7 Å². The SMILES string of the molecule is O=C(Nc1ccc(Cl)c(Cl)c1)c1cc(S(=O)(=O)N2CCCC2)ccc1Br. The lowest BCUT2D eigenvalue weighted by molar-refractivity contribution is 0.102. The van der Waals surface area contributed by atoms with Gasteiger partial charge in [-0.2, -0.15) is 4.31 Å². The second kappa shape index (κ2) is 7.86. The third-order valence-corrected chi connectivity index (χ3v) is 7.39. The summed E-state index contributed by atoms with van der Waals surface area (Å²) in [6.45, 7) is 1.01. The van der Waals surface area contributed by atoms with Crippen LogP contribution in [0.5, 0.6) is 0 Å². The molecule has 1 saturated heterocycles. The Morgan fingerprint density at radius 3 is 2.38 bits per heavy atom. The fourth-order valence-corrected chi connectivity index (χ4v) is 4.96. The molecule has 0 unspecified atom stereocenters. The van der Waals surface area contributed by atoms with Crippen molar-refractivity contribution in [3.8, 4) is 0 Å². The van der Waals surface area contributed by atoms with Gasteiger partial charge in [-0.15, -0.1) is 0 Å². The van der Waals surface area contributed by atoms with Crippen LogP contribution in [0.15, 0.2) is 45.8 Å². The zero-order valence-corrected chi connectivity index (χ0v) is 17.4. The lowest BCUT2D eigenvalue weighted by atomic mass is 10.2. The summed E-state index contributed by atoms with van der Waals surface area (Å²) in [5, 5.41) is 3.39. The first-order chi connectivity index (χ1) is 12.3. The fraction of sp³-hybridized carbons (Fsp3) is 0.235. The number of nitrogens with one attached hydrogen (secondary N) is 1. The lowest BCUT2D eigenvalue weighted by Crippen LogP contribution is -2.28. The van der Waals surface area contributed by atoms with Gasteiger partial charge in [-0.1, -0.05) is 23.2 Å². The molecule has 0 spiro atoms. The van der Waals surface area contributed by atoms with Crippen LogP contribution >= 0.6 is 39.1 Å². The Balaban J connectivity index is 1.89. The molecule has 9 heteroatoms. The largest absolute Gasteiger partial charge is 0.322 e. The summed E-state index contributed by atoms with van der Waals surface area (Å²) in [7, 11) is -3.60. The molecule has 3 rings (SSSR count). The third kappa shape index (κ3) is 4.07. The highest BCUT2D eigenvalue weighted by atomic mass is 79.9. The maximum absolute atomic E-state index is 12.7. The smallest absolute Gasteiger partial charge is 0.256 e. The molecule has 2 aromatic rings. The summed E-state index contributed by atoms with van der Waals surface area (Å²) in [5.41, 5.74) is 0.681. The molecule has 1 aliphatic rings. The third-order valence-electron chi connectivity index (χ3n) is 4.06. The van der Waals surface area contributed by atoms with E-state index in [0.717, 1.165) is 12.8 Å². The predicted octanol–water partition coefficient (Wildman–Crippen LogP) is 4.79. The zero-order valence-electron chi connectivity index (χ0n) is 13.5. The minimum Gasteiger partial charge on any atom is -0.322 e. The molecule has 0 radical (unpaired) electrons. The maximum atomic E-state index is 12.7. The Labute approximate surface area is 170 Å². The summed E-state index contributed by atoms with van der Waals surface area (Å²) in [6.07, 6.45) is 1.70. The lowest BCUT2D eigenvalue weighted by Gasteiger charge is -2.16. The Kier molecular flexibility index (Phi) is 5.94. The molecule has 0 bridgehead atoms. The summed E-state index contributed by atoms with van der Waals surface area (Å²) < 4.78 is 27.4. The van der Waals surface area contributed by atoms with Crippen LogP contribution < -0.4 is 5.32 Å². The minimum atomic E-state index is -3.60. The second-order valence-electron chi connectivity index (χ2n) is 5.84. The number of amides is 1. The highest BCUT2D eigenvalue weighted by Crippen LogP contribution is 2.28. The van der Waals surface area contributed by atoms with Crippen molar-refractivity contribution in [2.24, 2.45) is 0 Å². The molecule has 0 atom stereocenters. The van der Waals surface area contributed by atoms with E-state index in [9.17, 15) is 13.2 Å². The average Bonchev–Trinajstić information content (AvgIpc) is 3.13.